The number of rotatable bonds is 5. The number of guanidine groups is 1. The van der Waals surface area contributed by atoms with Crippen LogP contribution >= 0.6 is 0 Å². The van der Waals surface area contributed by atoms with Gasteiger partial charge in [-0.2, -0.15) is 0 Å². The molecule has 2 unspecified atom stereocenters. The van der Waals surface area contributed by atoms with E-state index in [9.17, 15) is 9.59 Å². The number of likely N-dealkylation sites (N-methyl/N-ethyl adjacent to an activating group) is 2. The highest BCUT2D eigenvalue weighted by Gasteiger charge is 2.51. The highest BCUT2D eigenvalue weighted by atomic mass is 16.2. The van der Waals surface area contributed by atoms with Crippen LogP contribution in [0, 0.1) is 0 Å². The fourth-order valence-corrected chi connectivity index (χ4v) is 3.30. The Labute approximate surface area is 136 Å². The van der Waals surface area contributed by atoms with Crippen molar-refractivity contribution in [3.05, 3.63) is 11.9 Å². The summed E-state index contributed by atoms with van der Waals surface area (Å²) in [5, 5.41) is 2.39. The molecule has 0 aromatic carbocycles. The lowest BCUT2D eigenvalue weighted by atomic mass is 10.1. The molecule has 3 aliphatic rings. The molecule has 1 N–H and O–H groups in total. The standard InChI is InChI=1S/C15H24N6O2/c1-5-19(6-2)7-8-20-10(3)9-21-11-12(16-14(20)21)18(4)15(23)17-13(11)22/h9,11-12H,5-8H2,1-4H3,(H,17,22,23). The van der Waals surface area contributed by atoms with Crippen LogP contribution < -0.4 is 5.32 Å². The van der Waals surface area contributed by atoms with Gasteiger partial charge in [-0.3, -0.25) is 10.1 Å². The van der Waals surface area contributed by atoms with Crippen LogP contribution in [0.2, 0.25) is 0 Å². The van der Waals surface area contributed by atoms with Gasteiger partial charge >= 0.3 is 6.03 Å². The van der Waals surface area contributed by atoms with Gasteiger partial charge in [0.25, 0.3) is 5.91 Å². The molecule has 0 saturated carbocycles. The zero-order valence-corrected chi connectivity index (χ0v) is 14.1. The minimum absolute atomic E-state index is 0.286. The van der Waals surface area contributed by atoms with Gasteiger partial charge < -0.3 is 19.6 Å². The Bertz CT molecular complexity index is 583. The summed E-state index contributed by atoms with van der Waals surface area (Å²) < 4.78 is 0. The van der Waals surface area contributed by atoms with E-state index in [0.717, 1.165) is 37.8 Å². The number of hydrogen-bond acceptors (Lipinski definition) is 6. The maximum absolute atomic E-state index is 12.2. The number of allylic oxidation sites excluding steroid dienone is 1. The first-order chi connectivity index (χ1) is 11.0. The molecule has 0 aromatic heterocycles. The summed E-state index contributed by atoms with van der Waals surface area (Å²) >= 11 is 0. The van der Waals surface area contributed by atoms with Gasteiger partial charge in [-0.15, -0.1) is 0 Å². The van der Waals surface area contributed by atoms with Crippen molar-refractivity contribution < 1.29 is 9.59 Å². The van der Waals surface area contributed by atoms with E-state index in [0.29, 0.717) is 0 Å². The number of aliphatic imine (C=N–C) groups is 1. The second-order valence-corrected chi connectivity index (χ2v) is 6.05. The third-order valence-corrected chi connectivity index (χ3v) is 4.80. The minimum atomic E-state index is -0.471. The van der Waals surface area contributed by atoms with Crippen molar-refractivity contribution in [3.63, 3.8) is 0 Å². The summed E-state index contributed by atoms with van der Waals surface area (Å²) in [6.45, 7) is 10.1. The van der Waals surface area contributed by atoms with Gasteiger partial charge in [0.2, 0.25) is 5.96 Å². The average Bonchev–Trinajstić information content (AvgIpc) is 3.02. The number of fused-ring (bicyclic) bond motifs is 3. The maximum atomic E-state index is 12.2. The SMILES string of the molecule is CCN(CC)CCN1C(C)=CN2C1=NC1C2C(=O)NC(=O)N1C. The smallest absolute Gasteiger partial charge is 0.313 e. The molecule has 0 aliphatic carbocycles. The predicted molar refractivity (Wildman–Crippen MR) is 86.4 cm³/mol. The number of imide groups is 1. The van der Waals surface area contributed by atoms with Crippen LogP contribution in [-0.2, 0) is 4.79 Å². The topological polar surface area (TPSA) is 71.5 Å². The molecule has 0 spiro atoms. The number of carbonyl (C=O) groups excluding carboxylic acids is 2. The van der Waals surface area contributed by atoms with Gasteiger partial charge in [0.15, 0.2) is 12.2 Å². The molecule has 0 bridgehead atoms. The van der Waals surface area contributed by atoms with Gasteiger partial charge in [0.05, 0.1) is 0 Å². The highest BCUT2D eigenvalue weighted by Crippen LogP contribution is 2.31. The normalized spacial score (nSPS) is 26.4. The lowest BCUT2D eigenvalue weighted by Gasteiger charge is -2.34. The van der Waals surface area contributed by atoms with Crippen LogP contribution in [-0.4, -0.2) is 82.9 Å². The van der Waals surface area contributed by atoms with E-state index < -0.39 is 18.2 Å². The molecule has 1 saturated heterocycles. The zero-order chi connectivity index (χ0) is 16.7. The largest absolute Gasteiger partial charge is 0.325 e. The lowest BCUT2D eigenvalue weighted by Crippen LogP contribution is -2.62. The molecule has 8 nitrogen and oxygen atoms in total. The van der Waals surface area contributed by atoms with Crippen molar-refractivity contribution in [1.82, 2.24) is 24.9 Å². The molecule has 23 heavy (non-hydrogen) atoms. The van der Waals surface area contributed by atoms with Gasteiger partial charge in [0, 0.05) is 32.0 Å². The molecule has 1 fully saturated rings. The van der Waals surface area contributed by atoms with E-state index in [-0.39, 0.29) is 5.91 Å². The number of amides is 3. The number of urea groups is 1. The van der Waals surface area contributed by atoms with Gasteiger partial charge in [-0.25, -0.2) is 9.79 Å². The molecule has 3 rings (SSSR count). The Morgan fingerprint density at radius 3 is 2.65 bits per heavy atom. The number of nitrogens with one attached hydrogen (secondary N) is 1. The summed E-state index contributed by atoms with van der Waals surface area (Å²) in [6.07, 6.45) is 1.50. The Morgan fingerprint density at radius 2 is 2.00 bits per heavy atom. The predicted octanol–water partition coefficient (Wildman–Crippen LogP) is 0.0530. The van der Waals surface area contributed by atoms with Crippen molar-refractivity contribution >= 4 is 17.9 Å². The second-order valence-electron chi connectivity index (χ2n) is 6.05. The summed E-state index contributed by atoms with van der Waals surface area (Å²) in [6, 6.07) is -0.863. The van der Waals surface area contributed by atoms with Crippen molar-refractivity contribution in [3.8, 4) is 0 Å². The summed E-state index contributed by atoms with van der Waals surface area (Å²) in [5.74, 6) is 0.479. The van der Waals surface area contributed by atoms with Gasteiger partial charge in [0.1, 0.15) is 0 Å². The Balaban J connectivity index is 1.79. The van der Waals surface area contributed by atoms with E-state index in [1.165, 1.54) is 4.90 Å². The maximum Gasteiger partial charge on any atom is 0.325 e. The minimum Gasteiger partial charge on any atom is -0.313 e. The molecule has 126 valence electrons. The Hall–Kier alpha value is -2.09. The summed E-state index contributed by atoms with van der Waals surface area (Å²) in [4.78, 5) is 36.5. The van der Waals surface area contributed by atoms with Crippen LogP contribution in [0.1, 0.15) is 20.8 Å². The second kappa shape index (κ2) is 5.84. The van der Waals surface area contributed by atoms with Crippen LogP contribution in [0.3, 0.4) is 0 Å². The van der Waals surface area contributed by atoms with Crippen molar-refractivity contribution in [2.24, 2.45) is 4.99 Å². The number of nitrogens with zero attached hydrogens (tertiary/aromatic N) is 5. The highest BCUT2D eigenvalue weighted by molar-refractivity contribution is 6.04. The fraction of sp³-hybridized carbons (Fsp3) is 0.667. The lowest BCUT2D eigenvalue weighted by molar-refractivity contribution is -0.126. The number of hydrogen-bond donors (Lipinski definition) is 1. The first kappa shape index (κ1) is 15.8. The third kappa shape index (κ3) is 2.46. The molecular formula is C15H24N6O2. The fourth-order valence-electron chi connectivity index (χ4n) is 3.30. The average molecular weight is 320 g/mol. The molecule has 8 heteroatoms. The Morgan fingerprint density at radius 1 is 1.30 bits per heavy atom. The van der Waals surface area contributed by atoms with Crippen molar-refractivity contribution in [1.29, 1.82) is 0 Å². The zero-order valence-electron chi connectivity index (χ0n) is 14.1. The first-order valence-electron chi connectivity index (χ1n) is 8.10. The van der Waals surface area contributed by atoms with E-state index in [1.807, 2.05) is 18.0 Å². The molecule has 3 aliphatic heterocycles. The molecule has 0 radical (unpaired) electrons. The van der Waals surface area contributed by atoms with Crippen LogP contribution in [0.25, 0.3) is 0 Å². The molecule has 2 atom stereocenters. The van der Waals surface area contributed by atoms with E-state index in [2.05, 4.69) is 34.0 Å². The van der Waals surface area contributed by atoms with Crippen LogP contribution in [0.4, 0.5) is 4.79 Å². The number of carbonyl (C=O) groups is 2. The molecule has 0 aromatic rings. The first-order valence-corrected chi connectivity index (χ1v) is 8.10. The summed E-state index contributed by atoms with van der Waals surface area (Å²) in [7, 11) is 1.67. The molecule has 3 heterocycles. The molecule has 3 amide bonds. The Kier molecular flexibility index (Phi) is 4.01. The van der Waals surface area contributed by atoms with Crippen molar-refractivity contribution in [2.45, 2.75) is 33.0 Å². The van der Waals surface area contributed by atoms with E-state index in [1.54, 1.807) is 7.05 Å². The third-order valence-electron chi connectivity index (χ3n) is 4.80. The van der Waals surface area contributed by atoms with Crippen LogP contribution in [0.15, 0.2) is 16.9 Å². The molecular weight excluding hydrogens is 296 g/mol. The van der Waals surface area contributed by atoms with E-state index in [4.69, 9.17) is 0 Å². The van der Waals surface area contributed by atoms with Crippen molar-refractivity contribution in [2.75, 3.05) is 33.2 Å². The van der Waals surface area contributed by atoms with E-state index >= 15 is 0 Å². The van der Waals surface area contributed by atoms with Gasteiger partial charge in [-0.1, -0.05) is 13.8 Å². The quantitative estimate of drug-likeness (QED) is 0.775. The monoisotopic (exact) mass is 320 g/mol. The van der Waals surface area contributed by atoms with Crippen LogP contribution in [0.5, 0.6) is 0 Å². The summed E-state index contributed by atoms with van der Waals surface area (Å²) in [5.41, 5.74) is 1.07. The van der Waals surface area contributed by atoms with Gasteiger partial charge in [-0.05, 0) is 20.0 Å².